The molecule has 0 fully saturated rings. The first-order valence-electron chi connectivity index (χ1n) is 6.25. The molecule has 6 nitrogen and oxygen atoms in total. The van der Waals surface area contributed by atoms with Crippen LogP contribution in [0.2, 0.25) is 0 Å². The lowest BCUT2D eigenvalue weighted by molar-refractivity contribution is -0.384. The molecule has 22 heavy (non-hydrogen) atoms. The highest BCUT2D eigenvalue weighted by Crippen LogP contribution is 2.27. The average Bonchev–Trinajstić information content (AvgIpc) is 2.53. The SMILES string of the molecule is COC(=O)c1ccc(OCc2ccc([N+](=O)[O-])cc2)c(Br)c1. The molecular formula is C15H12BrNO5. The second-order valence-electron chi connectivity index (χ2n) is 4.35. The number of carbonyl (C=O) groups is 1. The first-order valence-corrected chi connectivity index (χ1v) is 7.04. The van der Waals surface area contributed by atoms with Crippen LogP contribution in [0.5, 0.6) is 5.75 Å². The number of hydrogen-bond donors (Lipinski definition) is 0. The Kier molecular flexibility index (Phi) is 5.11. The van der Waals surface area contributed by atoms with Crippen molar-refractivity contribution in [2.24, 2.45) is 0 Å². The first-order chi connectivity index (χ1) is 10.5. The van der Waals surface area contributed by atoms with Crippen LogP contribution in [0.1, 0.15) is 15.9 Å². The molecule has 2 aromatic rings. The van der Waals surface area contributed by atoms with E-state index in [1.165, 1.54) is 19.2 Å². The number of carbonyl (C=O) groups excluding carboxylic acids is 1. The van der Waals surface area contributed by atoms with Crippen LogP contribution in [0.3, 0.4) is 0 Å². The number of methoxy groups -OCH3 is 1. The lowest BCUT2D eigenvalue weighted by atomic mass is 10.2. The highest BCUT2D eigenvalue weighted by Gasteiger charge is 2.10. The van der Waals surface area contributed by atoms with Gasteiger partial charge in [-0.05, 0) is 51.8 Å². The molecule has 0 heterocycles. The molecule has 0 aromatic heterocycles. The number of nitro groups is 1. The van der Waals surface area contributed by atoms with E-state index < -0.39 is 10.9 Å². The van der Waals surface area contributed by atoms with Gasteiger partial charge in [0.05, 0.1) is 22.1 Å². The van der Waals surface area contributed by atoms with Crippen LogP contribution in [0.15, 0.2) is 46.9 Å². The number of nitrogens with zero attached hydrogens (tertiary/aromatic N) is 1. The first kappa shape index (κ1) is 16.0. The van der Waals surface area contributed by atoms with Gasteiger partial charge in [-0.15, -0.1) is 0 Å². The minimum Gasteiger partial charge on any atom is -0.488 e. The topological polar surface area (TPSA) is 78.7 Å². The van der Waals surface area contributed by atoms with Crippen LogP contribution < -0.4 is 4.74 Å². The van der Waals surface area contributed by atoms with E-state index in [1.54, 1.807) is 30.3 Å². The average molecular weight is 366 g/mol. The number of ether oxygens (including phenoxy) is 2. The molecule has 0 N–H and O–H groups in total. The molecule has 0 aliphatic heterocycles. The Hall–Kier alpha value is -2.41. The van der Waals surface area contributed by atoms with Gasteiger partial charge in [0, 0.05) is 12.1 Å². The third-order valence-corrected chi connectivity index (χ3v) is 3.51. The molecule has 114 valence electrons. The van der Waals surface area contributed by atoms with Crippen LogP contribution in [-0.2, 0) is 11.3 Å². The quantitative estimate of drug-likeness (QED) is 0.458. The van der Waals surface area contributed by atoms with Crippen molar-refractivity contribution in [3.8, 4) is 5.75 Å². The third kappa shape index (κ3) is 3.82. The summed E-state index contributed by atoms with van der Waals surface area (Å²) in [5.74, 6) is 0.133. The molecule has 0 aliphatic rings. The summed E-state index contributed by atoms with van der Waals surface area (Å²) >= 11 is 3.33. The summed E-state index contributed by atoms with van der Waals surface area (Å²) in [4.78, 5) is 21.5. The van der Waals surface area contributed by atoms with Gasteiger partial charge in [0.2, 0.25) is 0 Å². The van der Waals surface area contributed by atoms with Gasteiger partial charge in [0.25, 0.3) is 5.69 Å². The van der Waals surface area contributed by atoms with Gasteiger partial charge < -0.3 is 9.47 Å². The zero-order valence-electron chi connectivity index (χ0n) is 11.6. The summed E-state index contributed by atoms with van der Waals surface area (Å²) < 4.78 is 10.9. The van der Waals surface area contributed by atoms with Crippen molar-refractivity contribution in [3.63, 3.8) is 0 Å². The van der Waals surface area contributed by atoms with Gasteiger partial charge in [-0.2, -0.15) is 0 Å². The standard InChI is InChI=1S/C15H12BrNO5/c1-21-15(18)11-4-7-14(13(16)8-11)22-9-10-2-5-12(6-3-10)17(19)20/h2-8H,9H2,1H3. The Bertz CT molecular complexity index is 700. The predicted octanol–water partition coefficient (Wildman–Crippen LogP) is 3.72. The van der Waals surface area contributed by atoms with E-state index in [9.17, 15) is 14.9 Å². The monoisotopic (exact) mass is 365 g/mol. The van der Waals surface area contributed by atoms with Crippen molar-refractivity contribution >= 4 is 27.6 Å². The van der Waals surface area contributed by atoms with Crippen molar-refractivity contribution in [1.29, 1.82) is 0 Å². The molecule has 0 radical (unpaired) electrons. The smallest absolute Gasteiger partial charge is 0.337 e. The molecule has 7 heteroatoms. The predicted molar refractivity (Wildman–Crippen MR) is 82.9 cm³/mol. The normalized spacial score (nSPS) is 10.1. The summed E-state index contributed by atoms with van der Waals surface area (Å²) in [6.45, 7) is 0.258. The van der Waals surface area contributed by atoms with E-state index in [-0.39, 0.29) is 12.3 Å². The molecule has 2 rings (SSSR count). The van der Waals surface area contributed by atoms with E-state index in [2.05, 4.69) is 20.7 Å². The van der Waals surface area contributed by atoms with Crippen LogP contribution in [0.4, 0.5) is 5.69 Å². The Morgan fingerprint density at radius 1 is 1.23 bits per heavy atom. The van der Waals surface area contributed by atoms with Crippen molar-refractivity contribution in [3.05, 3.63) is 68.2 Å². The molecule has 2 aromatic carbocycles. The summed E-state index contributed by atoms with van der Waals surface area (Å²) in [6.07, 6.45) is 0. The highest BCUT2D eigenvalue weighted by atomic mass is 79.9. The number of benzene rings is 2. The summed E-state index contributed by atoms with van der Waals surface area (Å²) in [5, 5.41) is 10.6. The maximum atomic E-state index is 11.4. The fraction of sp³-hybridized carbons (Fsp3) is 0.133. The second kappa shape index (κ2) is 7.04. The number of rotatable bonds is 5. The Morgan fingerprint density at radius 2 is 1.91 bits per heavy atom. The minimum atomic E-state index is -0.452. The maximum Gasteiger partial charge on any atom is 0.337 e. The van der Waals surface area contributed by atoms with Gasteiger partial charge >= 0.3 is 5.97 Å². The molecule has 0 spiro atoms. The molecule has 0 unspecified atom stereocenters. The molecule has 0 saturated carbocycles. The number of halogens is 1. The zero-order valence-corrected chi connectivity index (χ0v) is 13.2. The Labute approximate surface area is 134 Å². The Balaban J connectivity index is 2.05. The molecule has 0 aliphatic carbocycles. The molecule has 0 saturated heterocycles. The van der Waals surface area contributed by atoms with Crippen molar-refractivity contribution < 1.29 is 19.2 Å². The van der Waals surface area contributed by atoms with Gasteiger partial charge in [-0.1, -0.05) is 0 Å². The molecule has 0 bridgehead atoms. The second-order valence-corrected chi connectivity index (χ2v) is 5.20. The van der Waals surface area contributed by atoms with Gasteiger partial charge in [-0.25, -0.2) is 4.79 Å². The van der Waals surface area contributed by atoms with Crippen LogP contribution in [-0.4, -0.2) is 18.0 Å². The van der Waals surface area contributed by atoms with Crippen molar-refractivity contribution in [1.82, 2.24) is 0 Å². The summed E-state index contributed by atoms with van der Waals surface area (Å²) in [5.41, 5.74) is 1.25. The minimum absolute atomic E-state index is 0.0346. The zero-order chi connectivity index (χ0) is 16.1. The largest absolute Gasteiger partial charge is 0.488 e. The lowest BCUT2D eigenvalue weighted by Crippen LogP contribution is -2.02. The number of non-ortho nitro benzene ring substituents is 1. The van der Waals surface area contributed by atoms with E-state index >= 15 is 0 Å². The number of nitro benzene ring substituents is 1. The molecule has 0 atom stereocenters. The summed E-state index contributed by atoms with van der Waals surface area (Å²) in [6, 6.07) is 11.0. The van der Waals surface area contributed by atoms with Crippen molar-refractivity contribution in [2.45, 2.75) is 6.61 Å². The van der Waals surface area contributed by atoms with Crippen LogP contribution >= 0.6 is 15.9 Å². The van der Waals surface area contributed by atoms with Crippen LogP contribution in [0, 0.1) is 10.1 Å². The molecule has 0 amide bonds. The number of hydrogen-bond acceptors (Lipinski definition) is 5. The maximum absolute atomic E-state index is 11.4. The van der Waals surface area contributed by atoms with Crippen LogP contribution in [0.25, 0.3) is 0 Å². The van der Waals surface area contributed by atoms with E-state index in [0.29, 0.717) is 15.8 Å². The lowest BCUT2D eigenvalue weighted by Gasteiger charge is -2.09. The van der Waals surface area contributed by atoms with E-state index in [0.717, 1.165) is 5.56 Å². The number of esters is 1. The highest BCUT2D eigenvalue weighted by molar-refractivity contribution is 9.10. The molecular weight excluding hydrogens is 354 g/mol. The fourth-order valence-electron chi connectivity index (χ4n) is 1.74. The van der Waals surface area contributed by atoms with Gasteiger partial charge in [-0.3, -0.25) is 10.1 Å². The van der Waals surface area contributed by atoms with Crippen molar-refractivity contribution in [2.75, 3.05) is 7.11 Å². The Morgan fingerprint density at radius 3 is 2.45 bits per heavy atom. The summed E-state index contributed by atoms with van der Waals surface area (Å²) in [7, 11) is 1.31. The van der Waals surface area contributed by atoms with E-state index in [4.69, 9.17) is 4.74 Å². The third-order valence-electron chi connectivity index (χ3n) is 2.89. The van der Waals surface area contributed by atoms with E-state index in [1.807, 2.05) is 0 Å². The van der Waals surface area contributed by atoms with Gasteiger partial charge in [0.1, 0.15) is 12.4 Å². The fourth-order valence-corrected chi connectivity index (χ4v) is 2.23. The van der Waals surface area contributed by atoms with Gasteiger partial charge in [0.15, 0.2) is 0 Å².